The van der Waals surface area contributed by atoms with Crippen molar-refractivity contribution in [1.82, 2.24) is 0 Å². The van der Waals surface area contributed by atoms with Gasteiger partial charge in [-0.15, -0.1) is 0 Å². The molecular weight excluding hydrogens is 439 g/mol. The molecule has 0 unspecified atom stereocenters. The molecule has 0 atom stereocenters. The summed E-state index contributed by atoms with van der Waals surface area (Å²) in [4.78, 5) is 0. The SMILES string of the molecule is Cc1cc(N)ccc1-c1ccc(N)cc1C.Nc1ccc(-c2ccc(N)c(Cl)c2Cl)cc1. The molecule has 4 aromatic carbocycles. The van der Waals surface area contributed by atoms with Crippen LogP contribution in [0.5, 0.6) is 0 Å². The Bertz CT molecular complexity index is 1200. The van der Waals surface area contributed by atoms with E-state index in [2.05, 4.69) is 26.0 Å². The molecular formula is C26H26Cl2N4. The lowest BCUT2D eigenvalue weighted by atomic mass is 9.96. The van der Waals surface area contributed by atoms with Crippen LogP contribution < -0.4 is 22.9 Å². The smallest absolute Gasteiger partial charge is 0.0827 e. The third-order valence-electron chi connectivity index (χ3n) is 5.12. The quantitative estimate of drug-likeness (QED) is 0.240. The highest BCUT2D eigenvalue weighted by Gasteiger charge is 2.09. The van der Waals surface area contributed by atoms with Crippen molar-refractivity contribution >= 4 is 46.0 Å². The van der Waals surface area contributed by atoms with Gasteiger partial charge >= 0.3 is 0 Å². The van der Waals surface area contributed by atoms with Crippen LogP contribution in [0.3, 0.4) is 0 Å². The normalized spacial score (nSPS) is 10.4. The van der Waals surface area contributed by atoms with E-state index >= 15 is 0 Å². The van der Waals surface area contributed by atoms with E-state index in [0.717, 1.165) is 22.5 Å². The zero-order chi connectivity index (χ0) is 23.4. The van der Waals surface area contributed by atoms with E-state index in [1.807, 2.05) is 54.6 Å². The Morgan fingerprint density at radius 1 is 0.500 bits per heavy atom. The third-order valence-corrected chi connectivity index (χ3v) is 6.02. The summed E-state index contributed by atoms with van der Waals surface area (Å²) in [6.45, 7) is 4.14. The van der Waals surface area contributed by atoms with Crippen LogP contribution in [0.4, 0.5) is 22.7 Å². The van der Waals surface area contributed by atoms with Gasteiger partial charge in [0.2, 0.25) is 0 Å². The maximum absolute atomic E-state index is 6.13. The van der Waals surface area contributed by atoms with Crippen molar-refractivity contribution in [2.45, 2.75) is 13.8 Å². The number of nitrogen functional groups attached to an aromatic ring is 4. The van der Waals surface area contributed by atoms with Gasteiger partial charge in [-0.1, -0.05) is 53.5 Å². The Kier molecular flexibility index (Phi) is 7.18. The van der Waals surface area contributed by atoms with Gasteiger partial charge in [-0.05, 0) is 84.1 Å². The minimum Gasteiger partial charge on any atom is -0.399 e. The van der Waals surface area contributed by atoms with E-state index in [1.54, 1.807) is 6.07 Å². The number of nitrogens with two attached hydrogens (primary N) is 4. The summed E-state index contributed by atoms with van der Waals surface area (Å²) in [5.74, 6) is 0. The number of rotatable bonds is 2. The van der Waals surface area contributed by atoms with E-state index in [-0.39, 0.29) is 0 Å². The topological polar surface area (TPSA) is 104 Å². The van der Waals surface area contributed by atoms with Crippen molar-refractivity contribution in [3.63, 3.8) is 0 Å². The Labute approximate surface area is 198 Å². The number of hydrogen-bond donors (Lipinski definition) is 4. The molecule has 0 saturated carbocycles. The van der Waals surface area contributed by atoms with Crippen LogP contribution in [0, 0.1) is 13.8 Å². The van der Waals surface area contributed by atoms with Gasteiger partial charge < -0.3 is 22.9 Å². The molecule has 4 nitrogen and oxygen atoms in total. The maximum atomic E-state index is 6.13. The summed E-state index contributed by atoms with van der Waals surface area (Å²) in [5, 5.41) is 0.849. The molecule has 0 heterocycles. The van der Waals surface area contributed by atoms with Gasteiger partial charge in [0.1, 0.15) is 0 Å². The average molecular weight is 465 g/mol. The highest BCUT2D eigenvalue weighted by Crippen LogP contribution is 2.37. The predicted octanol–water partition coefficient (Wildman–Crippen LogP) is 6.96. The van der Waals surface area contributed by atoms with E-state index in [0.29, 0.717) is 21.4 Å². The number of hydrogen-bond acceptors (Lipinski definition) is 4. The molecule has 4 aromatic rings. The van der Waals surface area contributed by atoms with Crippen LogP contribution in [0.1, 0.15) is 11.1 Å². The predicted molar refractivity (Wildman–Crippen MR) is 141 cm³/mol. The summed E-state index contributed by atoms with van der Waals surface area (Å²) >= 11 is 12.1. The molecule has 6 heteroatoms. The fraction of sp³-hybridized carbons (Fsp3) is 0.0769. The Morgan fingerprint density at radius 2 is 0.938 bits per heavy atom. The Morgan fingerprint density at radius 3 is 1.41 bits per heavy atom. The summed E-state index contributed by atoms with van der Waals surface area (Å²) in [5.41, 5.74) is 32.2. The molecule has 0 spiro atoms. The van der Waals surface area contributed by atoms with E-state index in [9.17, 15) is 0 Å². The highest BCUT2D eigenvalue weighted by atomic mass is 35.5. The van der Waals surface area contributed by atoms with E-state index in [1.165, 1.54) is 22.3 Å². The van der Waals surface area contributed by atoms with Crippen molar-refractivity contribution in [3.05, 3.63) is 94.0 Å². The van der Waals surface area contributed by atoms with E-state index < -0.39 is 0 Å². The van der Waals surface area contributed by atoms with Gasteiger partial charge in [0.05, 0.1) is 15.7 Å². The van der Waals surface area contributed by atoms with Gasteiger partial charge in [0.15, 0.2) is 0 Å². The second kappa shape index (κ2) is 9.86. The van der Waals surface area contributed by atoms with Crippen molar-refractivity contribution < 1.29 is 0 Å². The monoisotopic (exact) mass is 464 g/mol. The number of anilines is 4. The largest absolute Gasteiger partial charge is 0.399 e. The molecule has 0 aromatic heterocycles. The van der Waals surface area contributed by atoms with Crippen LogP contribution >= 0.6 is 23.2 Å². The van der Waals surface area contributed by atoms with Crippen LogP contribution in [0.15, 0.2) is 72.8 Å². The molecule has 0 saturated heterocycles. The van der Waals surface area contributed by atoms with Crippen LogP contribution in [-0.4, -0.2) is 0 Å². The lowest BCUT2D eigenvalue weighted by Crippen LogP contribution is -1.92. The fourth-order valence-electron chi connectivity index (χ4n) is 3.43. The molecule has 0 aliphatic rings. The molecule has 0 fully saturated rings. The number of halogens is 2. The Balaban J connectivity index is 0.000000181. The molecule has 0 amide bonds. The highest BCUT2D eigenvalue weighted by molar-refractivity contribution is 6.45. The zero-order valence-corrected chi connectivity index (χ0v) is 19.5. The second-order valence-corrected chi connectivity index (χ2v) is 8.36. The first-order valence-electron chi connectivity index (χ1n) is 9.99. The van der Waals surface area contributed by atoms with Gasteiger partial charge in [0, 0.05) is 22.6 Å². The first kappa shape index (κ1) is 23.3. The molecule has 0 bridgehead atoms. The van der Waals surface area contributed by atoms with Crippen molar-refractivity contribution in [2.75, 3.05) is 22.9 Å². The van der Waals surface area contributed by atoms with Crippen LogP contribution in [0.2, 0.25) is 10.0 Å². The molecule has 0 aliphatic heterocycles. The van der Waals surface area contributed by atoms with Gasteiger partial charge in [-0.2, -0.15) is 0 Å². The van der Waals surface area contributed by atoms with Crippen LogP contribution in [0.25, 0.3) is 22.3 Å². The average Bonchev–Trinajstić information content (AvgIpc) is 2.74. The van der Waals surface area contributed by atoms with Gasteiger partial charge in [0.25, 0.3) is 0 Å². The third kappa shape index (κ3) is 5.28. The van der Waals surface area contributed by atoms with Crippen molar-refractivity contribution in [1.29, 1.82) is 0 Å². The van der Waals surface area contributed by atoms with Crippen molar-refractivity contribution in [2.24, 2.45) is 0 Å². The lowest BCUT2D eigenvalue weighted by molar-refractivity contribution is 1.41. The molecule has 4 rings (SSSR count). The van der Waals surface area contributed by atoms with Gasteiger partial charge in [-0.3, -0.25) is 0 Å². The van der Waals surface area contributed by atoms with Crippen LogP contribution in [-0.2, 0) is 0 Å². The maximum Gasteiger partial charge on any atom is 0.0827 e. The fourth-order valence-corrected chi connectivity index (χ4v) is 3.87. The first-order valence-corrected chi connectivity index (χ1v) is 10.7. The van der Waals surface area contributed by atoms with E-state index in [4.69, 9.17) is 46.1 Å². The molecule has 32 heavy (non-hydrogen) atoms. The minimum atomic E-state index is 0.385. The number of benzene rings is 4. The van der Waals surface area contributed by atoms with Crippen molar-refractivity contribution in [3.8, 4) is 22.3 Å². The minimum absolute atomic E-state index is 0.385. The molecule has 164 valence electrons. The molecule has 0 radical (unpaired) electrons. The lowest BCUT2D eigenvalue weighted by Gasteiger charge is -2.10. The van der Waals surface area contributed by atoms with Gasteiger partial charge in [-0.25, -0.2) is 0 Å². The summed E-state index contributed by atoms with van der Waals surface area (Å²) in [6.07, 6.45) is 0. The molecule has 8 N–H and O–H groups in total. The summed E-state index contributed by atoms with van der Waals surface area (Å²) in [6, 6.07) is 23.0. The summed E-state index contributed by atoms with van der Waals surface area (Å²) in [7, 11) is 0. The number of aryl methyl sites for hydroxylation is 2. The molecule has 0 aliphatic carbocycles. The Hall–Kier alpha value is -3.34. The summed E-state index contributed by atoms with van der Waals surface area (Å²) < 4.78 is 0. The zero-order valence-electron chi connectivity index (χ0n) is 18.0. The standard InChI is InChI=1S/C14H16N2.C12H10Cl2N2/c1-9-7-11(15)3-5-13(9)14-6-4-12(16)8-10(14)2;13-11-9(5-6-10(16)12(11)14)7-1-3-8(15)4-2-7/h3-8H,15-16H2,1-2H3;1-6H,15-16H2. The first-order chi connectivity index (χ1) is 15.2. The second-order valence-electron chi connectivity index (χ2n) is 7.60.